The molecule has 2 N–H and O–H groups in total. The Labute approximate surface area is 87.0 Å². The van der Waals surface area contributed by atoms with Crippen molar-refractivity contribution in [1.29, 1.82) is 0 Å². The lowest BCUT2D eigenvalue weighted by Crippen LogP contribution is -2.24. The average molecular weight is 219 g/mol. The van der Waals surface area contributed by atoms with Gasteiger partial charge < -0.3 is 5.73 Å². The SMILES string of the molecule is CCCCCS(=O)(=O)C1CCC(N)C1. The summed E-state index contributed by atoms with van der Waals surface area (Å²) in [6.45, 7) is 2.08. The number of unbranched alkanes of at least 4 members (excludes halogenated alkanes) is 2. The molecule has 2 atom stereocenters. The van der Waals surface area contributed by atoms with Gasteiger partial charge >= 0.3 is 0 Å². The summed E-state index contributed by atoms with van der Waals surface area (Å²) in [5, 5.41) is -0.144. The molecular weight excluding hydrogens is 198 g/mol. The molecule has 0 aromatic rings. The molecule has 14 heavy (non-hydrogen) atoms. The molecule has 2 unspecified atom stereocenters. The van der Waals surface area contributed by atoms with Gasteiger partial charge in [0.15, 0.2) is 9.84 Å². The van der Waals surface area contributed by atoms with Crippen molar-refractivity contribution in [3.05, 3.63) is 0 Å². The fourth-order valence-corrected chi connectivity index (χ4v) is 3.99. The third-order valence-electron chi connectivity index (χ3n) is 2.97. The van der Waals surface area contributed by atoms with Gasteiger partial charge in [0.05, 0.1) is 11.0 Å². The molecule has 0 heterocycles. The smallest absolute Gasteiger partial charge is 0.153 e. The van der Waals surface area contributed by atoms with E-state index in [0.717, 1.165) is 32.1 Å². The molecule has 3 nitrogen and oxygen atoms in total. The molecule has 4 heteroatoms. The summed E-state index contributed by atoms with van der Waals surface area (Å²) in [5.41, 5.74) is 5.71. The van der Waals surface area contributed by atoms with Crippen LogP contribution in [-0.2, 0) is 9.84 Å². The summed E-state index contributed by atoms with van der Waals surface area (Å²) >= 11 is 0. The van der Waals surface area contributed by atoms with Crippen molar-refractivity contribution in [2.75, 3.05) is 5.75 Å². The Morgan fingerprint density at radius 1 is 1.29 bits per heavy atom. The minimum Gasteiger partial charge on any atom is -0.328 e. The van der Waals surface area contributed by atoms with Crippen molar-refractivity contribution in [2.24, 2.45) is 5.73 Å². The summed E-state index contributed by atoms with van der Waals surface area (Å²) in [7, 11) is -2.85. The zero-order valence-corrected chi connectivity index (χ0v) is 9.72. The highest BCUT2D eigenvalue weighted by Gasteiger charge is 2.31. The van der Waals surface area contributed by atoms with E-state index in [1.165, 1.54) is 0 Å². The summed E-state index contributed by atoms with van der Waals surface area (Å²) < 4.78 is 23.6. The zero-order valence-electron chi connectivity index (χ0n) is 8.91. The molecule has 84 valence electrons. The average Bonchev–Trinajstić information content (AvgIpc) is 2.53. The van der Waals surface area contributed by atoms with Crippen LogP contribution in [-0.4, -0.2) is 25.5 Å². The second-order valence-corrected chi connectivity index (χ2v) is 6.67. The molecule has 0 saturated heterocycles. The Morgan fingerprint density at radius 3 is 2.50 bits per heavy atom. The fourth-order valence-electron chi connectivity index (χ4n) is 2.02. The fraction of sp³-hybridized carbons (Fsp3) is 1.00. The van der Waals surface area contributed by atoms with Crippen molar-refractivity contribution >= 4 is 9.84 Å². The second-order valence-electron chi connectivity index (χ2n) is 4.27. The van der Waals surface area contributed by atoms with Gasteiger partial charge in [-0.05, 0) is 25.7 Å². The number of hydrogen-bond acceptors (Lipinski definition) is 3. The van der Waals surface area contributed by atoms with Crippen molar-refractivity contribution in [3.63, 3.8) is 0 Å². The largest absolute Gasteiger partial charge is 0.328 e. The monoisotopic (exact) mass is 219 g/mol. The number of sulfone groups is 1. The first-order valence-corrected chi connectivity index (χ1v) is 7.25. The molecule has 1 saturated carbocycles. The number of rotatable bonds is 5. The maximum atomic E-state index is 11.8. The molecule has 1 aliphatic carbocycles. The first-order valence-electron chi connectivity index (χ1n) is 5.53. The van der Waals surface area contributed by atoms with Gasteiger partial charge in [0.2, 0.25) is 0 Å². The predicted molar refractivity (Wildman–Crippen MR) is 58.9 cm³/mol. The lowest BCUT2D eigenvalue weighted by molar-refractivity contribution is 0.573. The zero-order chi connectivity index (χ0) is 10.6. The molecule has 0 bridgehead atoms. The van der Waals surface area contributed by atoms with Gasteiger partial charge in [-0.25, -0.2) is 8.42 Å². The molecule has 1 fully saturated rings. The van der Waals surface area contributed by atoms with Crippen LogP contribution in [0.2, 0.25) is 0 Å². The third kappa shape index (κ3) is 3.24. The van der Waals surface area contributed by atoms with Crippen LogP contribution in [0, 0.1) is 0 Å². The number of hydrogen-bond donors (Lipinski definition) is 1. The molecule has 0 aromatic carbocycles. The van der Waals surface area contributed by atoms with Crippen molar-refractivity contribution in [2.45, 2.75) is 56.7 Å². The quantitative estimate of drug-likeness (QED) is 0.712. The van der Waals surface area contributed by atoms with Gasteiger partial charge in [-0.2, -0.15) is 0 Å². The van der Waals surface area contributed by atoms with E-state index in [0.29, 0.717) is 12.2 Å². The maximum Gasteiger partial charge on any atom is 0.153 e. The standard InChI is InChI=1S/C10H21NO2S/c1-2-3-4-7-14(12,13)10-6-5-9(11)8-10/h9-10H,2-8,11H2,1H3. The number of nitrogens with two attached hydrogens (primary N) is 1. The Balaban J connectivity index is 2.41. The van der Waals surface area contributed by atoms with Gasteiger partial charge in [-0.1, -0.05) is 19.8 Å². The summed E-state index contributed by atoms with van der Waals surface area (Å²) in [6, 6.07) is 0.112. The molecule has 0 amide bonds. The van der Waals surface area contributed by atoms with E-state index in [-0.39, 0.29) is 11.3 Å². The van der Waals surface area contributed by atoms with E-state index in [2.05, 4.69) is 6.92 Å². The lowest BCUT2D eigenvalue weighted by Gasteiger charge is -2.10. The minimum absolute atomic E-state index is 0.112. The molecule has 1 aliphatic rings. The highest BCUT2D eigenvalue weighted by molar-refractivity contribution is 7.92. The first kappa shape index (κ1) is 12.0. The van der Waals surface area contributed by atoms with Gasteiger partial charge in [0.1, 0.15) is 0 Å². The normalized spacial score (nSPS) is 28.1. The van der Waals surface area contributed by atoms with Crippen LogP contribution < -0.4 is 5.73 Å². The van der Waals surface area contributed by atoms with E-state index in [1.807, 2.05) is 0 Å². The Hall–Kier alpha value is -0.0900. The van der Waals surface area contributed by atoms with E-state index in [1.54, 1.807) is 0 Å². The Bertz CT molecular complexity index is 261. The molecular formula is C10H21NO2S. The minimum atomic E-state index is -2.85. The van der Waals surface area contributed by atoms with Crippen LogP contribution in [0.15, 0.2) is 0 Å². The van der Waals surface area contributed by atoms with E-state index in [9.17, 15) is 8.42 Å². The molecule has 0 aliphatic heterocycles. The Morgan fingerprint density at radius 2 is 2.00 bits per heavy atom. The van der Waals surface area contributed by atoms with E-state index < -0.39 is 9.84 Å². The van der Waals surface area contributed by atoms with E-state index in [4.69, 9.17) is 5.73 Å². The summed E-state index contributed by atoms with van der Waals surface area (Å²) in [4.78, 5) is 0. The lowest BCUT2D eigenvalue weighted by atomic mass is 10.3. The molecule has 1 rings (SSSR count). The molecule has 0 radical (unpaired) electrons. The van der Waals surface area contributed by atoms with Crippen LogP contribution in [0.5, 0.6) is 0 Å². The molecule has 0 spiro atoms. The Kier molecular flexibility index (Phi) is 4.38. The first-order chi connectivity index (χ1) is 6.56. The molecule has 0 aromatic heterocycles. The van der Waals surface area contributed by atoms with Crippen LogP contribution in [0.1, 0.15) is 45.4 Å². The predicted octanol–water partition coefficient (Wildman–Crippen LogP) is 1.47. The topological polar surface area (TPSA) is 60.2 Å². The van der Waals surface area contributed by atoms with Gasteiger partial charge in [-0.15, -0.1) is 0 Å². The van der Waals surface area contributed by atoms with Crippen LogP contribution in [0.3, 0.4) is 0 Å². The third-order valence-corrected chi connectivity index (χ3v) is 5.27. The second kappa shape index (κ2) is 5.12. The summed E-state index contributed by atoms with van der Waals surface area (Å²) in [5.74, 6) is 0.359. The highest BCUT2D eigenvalue weighted by Crippen LogP contribution is 2.25. The van der Waals surface area contributed by atoms with Crippen molar-refractivity contribution in [3.8, 4) is 0 Å². The highest BCUT2D eigenvalue weighted by atomic mass is 32.2. The van der Waals surface area contributed by atoms with Gasteiger partial charge in [0.25, 0.3) is 0 Å². The van der Waals surface area contributed by atoms with Crippen LogP contribution >= 0.6 is 0 Å². The van der Waals surface area contributed by atoms with E-state index >= 15 is 0 Å². The van der Waals surface area contributed by atoms with Crippen molar-refractivity contribution < 1.29 is 8.42 Å². The van der Waals surface area contributed by atoms with Crippen LogP contribution in [0.25, 0.3) is 0 Å². The van der Waals surface area contributed by atoms with Crippen LogP contribution in [0.4, 0.5) is 0 Å². The van der Waals surface area contributed by atoms with Gasteiger partial charge in [-0.3, -0.25) is 0 Å². The van der Waals surface area contributed by atoms with Gasteiger partial charge in [0, 0.05) is 6.04 Å². The van der Waals surface area contributed by atoms with Crippen molar-refractivity contribution in [1.82, 2.24) is 0 Å². The summed E-state index contributed by atoms with van der Waals surface area (Å²) in [6.07, 6.45) is 5.21. The maximum absolute atomic E-state index is 11.8.